The van der Waals surface area contributed by atoms with Gasteiger partial charge in [0.25, 0.3) is 0 Å². The second kappa shape index (κ2) is 9.61. The molecule has 162 valence electrons. The van der Waals surface area contributed by atoms with E-state index < -0.39 is 0 Å². The van der Waals surface area contributed by atoms with Crippen LogP contribution in [0.25, 0.3) is 11.0 Å². The van der Waals surface area contributed by atoms with Crippen LogP contribution in [0.3, 0.4) is 0 Å². The first-order valence-corrected chi connectivity index (χ1v) is 10.9. The second-order valence-electron chi connectivity index (χ2n) is 7.66. The monoisotopic (exact) mass is 430 g/mol. The van der Waals surface area contributed by atoms with Crippen molar-refractivity contribution in [3.63, 3.8) is 0 Å². The highest BCUT2D eigenvalue weighted by molar-refractivity contribution is 6.35. The van der Waals surface area contributed by atoms with Crippen molar-refractivity contribution in [2.24, 2.45) is 7.05 Å². The van der Waals surface area contributed by atoms with Gasteiger partial charge >= 0.3 is 6.01 Å². The molecule has 0 saturated heterocycles. The Bertz CT molecular complexity index is 998. The van der Waals surface area contributed by atoms with Crippen molar-refractivity contribution in [2.75, 3.05) is 14.2 Å². The predicted molar refractivity (Wildman–Crippen MR) is 123 cm³/mol. The van der Waals surface area contributed by atoms with E-state index in [1.165, 1.54) is 5.56 Å². The summed E-state index contributed by atoms with van der Waals surface area (Å²) in [6.07, 6.45) is 4.53. The van der Waals surface area contributed by atoms with Crippen LogP contribution in [0.2, 0.25) is 5.02 Å². The van der Waals surface area contributed by atoms with Gasteiger partial charge in [-0.2, -0.15) is 4.98 Å². The van der Waals surface area contributed by atoms with Gasteiger partial charge in [0.2, 0.25) is 5.75 Å². The Labute approximate surface area is 183 Å². The molecule has 0 atom stereocenters. The first-order chi connectivity index (χ1) is 14.4. The van der Waals surface area contributed by atoms with Gasteiger partial charge < -0.3 is 14.2 Å². The highest BCUT2D eigenvalue weighted by Gasteiger charge is 2.23. The lowest BCUT2D eigenvalue weighted by Crippen LogP contribution is -2.03. The van der Waals surface area contributed by atoms with Crippen molar-refractivity contribution in [1.82, 2.24) is 9.55 Å². The van der Waals surface area contributed by atoms with Crippen molar-refractivity contribution in [2.45, 2.75) is 52.4 Å². The molecule has 1 aromatic heterocycles. The van der Waals surface area contributed by atoms with Gasteiger partial charge in [0.05, 0.1) is 24.8 Å². The Kier molecular flexibility index (Phi) is 7.14. The van der Waals surface area contributed by atoms with Crippen molar-refractivity contribution < 1.29 is 14.2 Å². The number of hydrogen-bond donors (Lipinski definition) is 0. The van der Waals surface area contributed by atoms with E-state index >= 15 is 0 Å². The molecular formula is C24H31ClN2O3. The minimum absolute atomic E-state index is 0.451. The molecule has 0 N–H and O–H groups in total. The molecule has 5 nitrogen and oxygen atoms in total. The van der Waals surface area contributed by atoms with Crippen LogP contribution < -0.4 is 14.2 Å². The minimum Gasteiger partial charge on any atom is -0.493 e. The van der Waals surface area contributed by atoms with Crippen LogP contribution in [-0.2, 0) is 7.05 Å². The highest BCUT2D eigenvalue weighted by atomic mass is 35.5. The van der Waals surface area contributed by atoms with Crippen LogP contribution in [0.15, 0.2) is 24.3 Å². The fourth-order valence-electron chi connectivity index (χ4n) is 4.07. The third kappa shape index (κ3) is 4.22. The number of hydrogen-bond acceptors (Lipinski definition) is 4. The van der Waals surface area contributed by atoms with Gasteiger partial charge in [0.1, 0.15) is 5.52 Å². The smallest absolute Gasteiger partial charge is 0.302 e. The summed E-state index contributed by atoms with van der Waals surface area (Å²) in [4.78, 5) is 4.74. The summed E-state index contributed by atoms with van der Waals surface area (Å²) in [5, 5.41) is 0.619. The van der Waals surface area contributed by atoms with E-state index in [1.807, 2.05) is 36.7 Å². The first kappa shape index (κ1) is 22.3. The number of nitrogens with zero attached hydrogens (tertiary/aromatic N) is 2. The van der Waals surface area contributed by atoms with Gasteiger partial charge in [-0.05, 0) is 55.0 Å². The number of ether oxygens (including phenoxy) is 3. The molecule has 30 heavy (non-hydrogen) atoms. The van der Waals surface area contributed by atoms with E-state index in [4.69, 9.17) is 30.8 Å². The molecule has 0 aliphatic heterocycles. The fraction of sp³-hybridized carbons (Fsp3) is 0.458. The summed E-state index contributed by atoms with van der Waals surface area (Å²) < 4.78 is 19.3. The van der Waals surface area contributed by atoms with E-state index in [0.29, 0.717) is 34.2 Å². The molecule has 1 heterocycles. The number of aryl methyl sites for hydroxylation is 2. The normalized spacial score (nSPS) is 11.3. The molecule has 0 unspecified atom stereocenters. The van der Waals surface area contributed by atoms with Gasteiger partial charge in [0, 0.05) is 7.05 Å². The van der Waals surface area contributed by atoms with E-state index in [9.17, 15) is 0 Å². The Morgan fingerprint density at radius 1 is 1.03 bits per heavy atom. The maximum Gasteiger partial charge on any atom is 0.302 e. The lowest BCUT2D eigenvalue weighted by molar-refractivity contribution is 0.332. The lowest BCUT2D eigenvalue weighted by atomic mass is 9.89. The number of rotatable bonds is 9. The zero-order valence-electron chi connectivity index (χ0n) is 18.7. The Morgan fingerprint density at radius 2 is 1.63 bits per heavy atom. The van der Waals surface area contributed by atoms with Crippen LogP contribution in [-0.4, -0.2) is 23.8 Å². The molecule has 0 spiro atoms. The molecule has 0 radical (unpaired) electrons. The van der Waals surface area contributed by atoms with E-state index in [0.717, 1.165) is 42.3 Å². The molecule has 6 heteroatoms. The maximum atomic E-state index is 6.53. The van der Waals surface area contributed by atoms with Gasteiger partial charge in [-0.15, -0.1) is 0 Å². The first-order valence-electron chi connectivity index (χ1n) is 10.5. The standard InChI is InChI=1S/C24H31ClN2O3/c1-7-9-16(10-8-2)17-11-12-18(25)21-22(17)27(4)24(26-21)30-23-19(28-5)13-15(3)14-20(23)29-6/h11-14,16H,7-10H2,1-6H3. The van der Waals surface area contributed by atoms with Gasteiger partial charge in [-0.25, -0.2) is 0 Å². The zero-order valence-corrected chi connectivity index (χ0v) is 19.5. The van der Waals surface area contributed by atoms with Gasteiger partial charge in [-0.1, -0.05) is 44.4 Å². The molecule has 0 amide bonds. The predicted octanol–water partition coefficient (Wildman–Crippen LogP) is 7.03. The molecule has 0 aliphatic carbocycles. The third-order valence-electron chi connectivity index (χ3n) is 5.48. The quantitative estimate of drug-likeness (QED) is 0.365. The number of imidazole rings is 1. The molecule has 0 aliphatic rings. The lowest BCUT2D eigenvalue weighted by Gasteiger charge is -2.18. The molecule has 2 aromatic carbocycles. The minimum atomic E-state index is 0.451. The number of fused-ring (bicyclic) bond motifs is 1. The average molecular weight is 431 g/mol. The van der Waals surface area contributed by atoms with Gasteiger partial charge in [-0.3, -0.25) is 4.57 Å². The summed E-state index contributed by atoms with van der Waals surface area (Å²) in [5.74, 6) is 2.16. The van der Waals surface area contributed by atoms with Crippen LogP contribution >= 0.6 is 11.6 Å². The molecule has 0 bridgehead atoms. The van der Waals surface area contributed by atoms with Gasteiger partial charge in [0.15, 0.2) is 11.5 Å². The Balaban J connectivity index is 2.15. The molecule has 3 aromatic rings. The summed E-state index contributed by atoms with van der Waals surface area (Å²) in [6, 6.07) is 8.36. The summed E-state index contributed by atoms with van der Waals surface area (Å²) in [6.45, 7) is 6.44. The fourth-order valence-corrected chi connectivity index (χ4v) is 4.27. The molecule has 0 fully saturated rings. The van der Waals surface area contributed by atoms with E-state index in [-0.39, 0.29) is 0 Å². The number of aromatic nitrogens is 2. The van der Waals surface area contributed by atoms with Crippen LogP contribution in [0, 0.1) is 6.92 Å². The summed E-state index contributed by atoms with van der Waals surface area (Å²) in [5.41, 5.74) is 4.07. The average Bonchev–Trinajstić information content (AvgIpc) is 3.06. The van der Waals surface area contributed by atoms with Crippen LogP contribution in [0.1, 0.15) is 56.6 Å². The van der Waals surface area contributed by atoms with Crippen molar-refractivity contribution in [3.05, 3.63) is 40.4 Å². The van der Waals surface area contributed by atoms with Crippen molar-refractivity contribution in [3.8, 4) is 23.3 Å². The second-order valence-corrected chi connectivity index (χ2v) is 8.07. The molecular weight excluding hydrogens is 400 g/mol. The Hall–Kier alpha value is -2.40. The van der Waals surface area contributed by atoms with Crippen LogP contribution in [0.4, 0.5) is 0 Å². The maximum absolute atomic E-state index is 6.53. The highest BCUT2D eigenvalue weighted by Crippen LogP contribution is 2.43. The van der Waals surface area contributed by atoms with Crippen LogP contribution in [0.5, 0.6) is 23.3 Å². The Morgan fingerprint density at radius 3 is 2.17 bits per heavy atom. The third-order valence-corrected chi connectivity index (χ3v) is 5.78. The zero-order chi connectivity index (χ0) is 21.8. The topological polar surface area (TPSA) is 45.5 Å². The number of benzene rings is 2. The summed E-state index contributed by atoms with van der Waals surface area (Å²) in [7, 11) is 5.20. The summed E-state index contributed by atoms with van der Waals surface area (Å²) >= 11 is 6.53. The van der Waals surface area contributed by atoms with E-state index in [1.54, 1.807) is 14.2 Å². The van der Waals surface area contributed by atoms with E-state index in [2.05, 4.69) is 19.9 Å². The molecule has 0 saturated carbocycles. The number of halogens is 1. The number of methoxy groups -OCH3 is 2. The van der Waals surface area contributed by atoms with Crippen molar-refractivity contribution in [1.29, 1.82) is 0 Å². The largest absolute Gasteiger partial charge is 0.493 e. The van der Waals surface area contributed by atoms with Crippen molar-refractivity contribution >= 4 is 22.6 Å². The SMILES string of the molecule is CCCC(CCC)c1ccc(Cl)c2nc(Oc3c(OC)cc(C)cc3OC)n(C)c12. The molecule has 3 rings (SSSR count).